The van der Waals surface area contributed by atoms with E-state index in [1.54, 1.807) is 12.1 Å². The molecule has 0 spiro atoms. The van der Waals surface area contributed by atoms with E-state index in [1.807, 2.05) is 49.4 Å². The van der Waals surface area contributed by atoms with Gasteiger partial charge in [-0.15, -0.1) is 11.3 Å². The van der Waals surface area contributed by atoms with Crippen molar-refractivity contribution < 1.29 is 14.3 Å². The Balaban J connectivity index is 1.59. The number of ketones is 1. The Morgan fingerprint density at radius 3 is 2.47 bits per heavy atom. The fraction of sp³-hybridized carbons (Fsp3) is 0.130. The molecule has 0 saturated heterocycles. The lowest BCUT2D eigenvalue weighted by atomic mass is 10.1. The van der Waals surface area contributed by atoms with Gasteiger partial charge in [0.1, 0.15) is 28.5 Å². The van der Waals surface area contributed by atoms with Crippen molar-refractivity contribution >= 4 is 44.8 Å². The third-order valence-corrected chi connectivity index (χ3v) is 5.86. The topological polar surface area (TPSA) is 81.2 Å². The zero-order chi connectivity index (χ0) is 21.1. The third kappa shape index (κ3) is 4.06. The molecule has 0 unspecified atom stereocenters. The Kier molecular flexibility index (Phi) is 5.54. The second kappa shape index (κ2) is 8.42. The highest BCUT2D eigenvalue weighted by Crippen LogP contribution is 2.35. The summed E-state index contributed by atoms with van der Waals surface area (Å²) in [5, 5.41) is 4.04. The van der Waals surface area contributed by atoms with Crippen molar-refractivity contribution in [2.75, 3.05) is 5.32 Å². The average Bonchev–Trinajstić information content (AvgIpc) is 3.11. The molecule has 1 N–H and O–H groups in total. The molecule has 30 heavy (non-hydrogen) atoms. The summed E-state index contributed by atoms with van der Waals surface area (Å²) >= 11 is 1.29. The molecule has 2 aromatic heterocycles. The van der Waals surface area contributed by atoms with Gasteiger partial charge in [-0.1, -0.05) is 30.3 Å². The van der Waals surface area contributed by atoms with Crippen LogP contribution >= 0.6 is 11.3 Å². The van der Waals surface area contributed by atoms with Crippen molar-refractivity contribution in [1.82, 2.24) is 9.97 Å². The van der Waals surface area contributed by atoms with Gasteiger partial charge in [0.25, 0.3) is 0 Å². The first-order valence-electron chi connectivity index (χ1n) is 9.36. The number of thiophene rings is 1. The lowest BCUT2D eigenvalue weighted by Crippen LogP contribution is -2.04. The molecule has 150 valence electrons. The van der Waals surface area contributed by atoms with E-state index in [2.05, 4.69) is 15.3 Å². The Morgan fingerprint density at radius 1 is 1.03 bits per heavy atom. The molecule has 0 fully saturated rings. The lowest BCUT2D eigenvalue weighted by molar-refractivity contribution is 0.0478. The standard InChI is InChI=1S/C23H19N3O3S/c1-14-19-21(26-18-10-8-17(9-11-18)15(2)27)24-13-25-22(19)30-20(14)23(28)29-12-16-6-4-3-5-7-16/h3-11,13H,12H2,1-2H3,(H,24,25,26). The number of esters is 1. The fourth-order valence-corrected chi connectivity index (χ4v) is 4.12. The smallest absolute Gasteiger partial charge is 0.349 e. The third-order valence-electron chi connectivity index (χ3n) is 4.68. The van der Waals surface area contributed by atoms with E-state index in [0.29, 0.717) is 21.1 Å². The van der Waals surface area contributed by atoms with Crippen LogP contribution in [0, 0.1) is 6.92 Å². The number of ether oxygens (including phenoxy) is 1. The molecule has 0 radical (unpaired) electrons. The second-order valence-electron chi connectivity index (χ2n) is 6.78. The van der Waals surface area contributed by atoms with E-state index in [0.717, 1.165) is 22.2 Å². The number of benzene rings is 2. The number of carbonyl (C=O) groups is 2. The Morgan fingerprint density at radius 2 is 1.77 bits per heavy atom. The first-order chi connectivity index (χ1) is 14.5. The minimum Gasteiger partial charge on any atom is -0.457 e. The van der Waals surface area contributed by atoms with E-state index in [9.17, 15) is 9.59 Å². The largest absolute Gasteiger partial charge is 0.457 e. The molecule has 4 aromatic rings. The molecule has 0 aliphatic carbocycles. The van der Waals surface area contributed by atoms with Gasteiger partial charge in [-0.3, -0.25) is 4.79 Å². The highest BCUT2D eigenvalue weighted by molar-refractivity contribution is 7.20. The highest BCUT2D eigenvalue weighted by atomic mass is 32.1. The van der Waals surface area contributed by atoms with Gasteiger partial charge in [0.2, 0.25) is 0 Å². The summed E-state index contributed by atoms with van der Waals surface area (Å²) in [7, 11) is 0. The molecule has 0 amide bonds. The molecule has 2 heterocycles. The Labute approximate surface area is 177 Å². The minimum absolute atomic E-state index is 0.0123. The van der Waals surface area contributed by atoms with Gasteiger partial charge in [-0.25, -0.2) is 14.8 Å². The van der Waals surface area contributed by atoms with Crippen LogP contribution in [0.25, 0.3) is 10.2 Å². The number of aromatic nitrogens is 2. The number of hydrogen-bond donors (Lipinski definition) is 1. The summed E-state index contributed by atoms with van der Waals surface area (Å²) in [6.45, 7) is 3.61. The second-order valence-corrected chi connectivity index (χ2v) is 7.78. The van der Waals surface area contributed by atoms with Crippen LogP contribution in [0.5, 0.6) is 0 Å². The number of aryl methyl sites for hydroxylation is 1. The van der Waals surface area contributed by atoms with Gasteiger partial charge in [-0.2, -0.15) is 0 Å². The van der Waals surface area contributed by atoms with Crippen molar-refractivity contribution in [3.05, 3.63) is 82.5 Å². The Hall–Kier alpha value is -3.58. The number of hydrogen-bond acceptors (Lipinski definition) is 7. The van der Waals surface area contributed by atoms with Gasteiger partial charge >= 0.3 is 5.97 Å². The predicted molar refractivity (Wildman–Crippen MR) is 117 cm³/mol. The van der Waals surface area contributed by atoms with Crippen LogP contribution < -0.4 is 5.32 Å². The van der Waals surface area contributed by atoms with Crippen molar-refractivity contribution in [3.63, 3.8) is 0 Å². The molecule has 7 heteroatoms. The van der Waals surface area contributed by atoms with Crippen molar-refractivity contribution in [3.8, 4) is 0 Å². The predicted octanol–water partition coefficient (Wildman–Crippen LogP) is 5.30. The molecule has 0 saturated carbocycles. The first-order valence-corrected chi connectivity index (χ1v) is 10.2. The Bertz CT molecular complexity index is 1220. The number of anilines is 2. The lowest BCUT2D eigenvalue weighted by Gasteiger charge is -2.08. The molecule has 0 aliphatic heterocycles. The summed E-state index contributed by atoms with van der Waals surface area (Å²) in [5.41, 5.74) is 3.14. The maximum Gasteiger partial charge on any atom is 0.349 e. The van der Waals surface area contributed by atoms with Gasteiger partial charge in [-0.05, 0) is 49.2 Å². The number of carbonyl (C=O) groups excluding carboxylic acids is 2. The van der Waals surface area contributed by atoms with Crippen LogP contribution in [0.4, 0.5) is 11.5 Å². The molecular formula is C23H19N3O3S. The van der Waals surface area contributed by atoms with Crippen molar-refractivity contribution in [2.45, 2.75) is 20.5 Å². The number of rotatable bonds is 6. The van der Waals surface area contributed by atoms with E-state index in [4.69, 9.17) is 4.74 Å². The molecule has 2 aromatic carbocycles. The van der Waals surface area contributed by atoms with Crippen LogP contribution in [0.2, 0.25) is 0 Å². The molecule has 0 bridgehead atoms. The maximum atomic E-state index is 12.7. The van der Waals surface area contributed by atoms with Crippen molar-refractivity contribution in [1.29, 1.82) is 0 Å². The number of nitrogens with one attached hydrogen (secondary N) is 1. The molecule has 4 rings (SSSR count). The van der Waals surface area contributed by atoms with Gasteiger partial charge < -0.3 is 10.1 Å². The van der Waals surface area contributed by atoms with Gasteiger partial charge in [0.05, 0.1) is 5.39 Å². The van der Waals surface area contributed by atoms with Gasteiger partial charge in [0.15, 0.2) is 5.78 Å². The molecular weight excluding hydrogens is 398 g/mol. The zero-order valence-electron chi connectivity index (χ0n) is 16.5. The number of nitrogens with zero attached hydrogens (tertiary/aromatic N) is 2. The van der Waals surface area contributed by atoms with E-state index in [1.165, 1.54) is 24.6 Å². The monoisotopic (exact) mass is 417 g/mol. The number of fused-ring (bicyclic) bond motifs is 1. The summed E-state index contributed by atoms with van der Waals surface area (Å²) in [6.07, 6.45) is 1.46. The van der Waals surface area contributed by atoms with E-state index < -0.39 is 0 Å². The highest BCUT2D eigenvalue weighted by Gasteiger charge is 2.20. The van der Waals surface area contributed by atoms with Crippen LogP contribution in [0.15, 0.2) is 60.9 Å². The summed E-state index contributed by atoms with van der Waals surface area (Å²) in [4.78, 5) is 34.0. The van der Waals surface area contributed by atoms with Crippen LogP contribution in [-0.2, 0) is 11.3 Å². The summed E-state index contributed by atoms with van der Waals surface area (Å²) in [6, 6.07) is 16.7. The quantitative estimate of drug-likeness (QED) is 0.339. The first kappa shape index (κ1) is 19.7. The average molecular weight is 417 g/mol. The normalized spacial score (nSPS) is 10.7. The van der Waals surface area contributed by atoms with Crippen LogP contribution in [0.3, 0.4) is 0 Å². The number of Topliss-reactive ketones (excluding diaryl/α,β-unsaturated/α-hetero) is 1. The van der Waals surface area contributed by atoms with E-state index in [-0.39, 0.29) is 18.4 Å². The molecule has 6 nitrogen and oxygen atoms in total. The maximum absolute atomic E-state index is 12.7. The summed E-state index contributed by atoms with van der Waals surface area (Å²) < 4.78 is 5.49. The molecule has 0 atom stereocenters. The van der Waals surface area contributed by atoms with Crippen molar-refractivity contribution in [2.24, 2.45) is 0 Å². The minimum atomic E-state index is -0.379. The molecule has 0 aliphatic rings. The summed E-state index contributed by atoms with van der Waals surface area (Å²) in [5.74, 6) is 0.237. The van der Waals surface area contributed by atoms with Crippen LogP contribution in [0.1, 0.15) is 38.1 Å². The van der Waals surface area contributed by atoms with Gasteiger partial charge in [0, 0.05) is 11.3 Å². The fourth-order valence-electron chi connectivity index (χ4n) is 3.07. The van der Waals surface area contributed by atoms with Crippen LogP contribution in [-0.4, -0.2) is 21.7 Å². The van der Waals surface area contributed by atoms with E-state index >= 15 is 0 Å². The SMILES string of the molecule is CC(=O)c1ccc(Nc2ncnc3sc(C(=O)OCc4ccccc4)c(C)c23)cc1. The zero-order valence-corrected chi connectivity index (χ0v) is 17.3.